The number of hydrogen-bond acceptors (Lipinski definition) is 4. The molecule has 0 spiro atoms. The summed E-state index contributed by atoms with van der Waals surface area (Å²) in [7, 11) is 0.268. The van der Waals surface area contributed by atoms with E-state index in [9.17, 15) is 8.42 Å². The second-order valence-electron chi connectivity index (χ2n) is 6.22. The molecule has 0 amide bonds. The van der Waals surface area contributed by atoms with Crippen LogP contribution in [0.2, 0.25) is 0 Å². The zero-order valence-electron chi connectivity index (χ0n) is 16.4. The fourth-order valence-electron chi connectivity index (χ4n) is 2.65. The van der Waals surface area contributed by atoms with Gasteiger partial charge in [-0.15, -0.1) is 24.0 Å². The first kappa shape index (κ1) is 24.4. The van der Waals surface area contributed by atoms with E-state index in [1.165, 1.54) is 11.8 Å². The van der Waals surface area contributed by atoms with Crippen LogP contribution in [0.3, 0.4) is 0 Å². The number of sulfone groups is 1. The Hall–Kier alpha value is -1.65. The zero-order valence-corrected chi connectivity index (χ0v) is 19.6. The Kier molecular flexibility index (Phi) is 10.5. The van der Waals surface area contributed by atoms with Gasteiger partial charge in [0.25, 0.3) is 0 Å². The molecule has 0 heterocycles. The number of halogens is 1. The molecule has 6 nitrogen and oxygen atoms in total. The molecule has 154 valence electrons. The topological polar surface area (TPSA) is 79.8 Å². The number of guanidine groups is 1. The third-order valence-corrected chi connectivity index (χ3v) is 5.27. The molecule has 0 aromatic heterocycles. The maximum atomic E-state index is 11.5. The summed E-state index contributed by atoms with van der Waals surface area (Å²) in [6.07, 6.45) is 1.98. The summed E-state index contributed by atoms with van der Waals surface area (Å²) >= 11 is 0. The monoisotopic (exact) mass is 517 g/mol. The van der Waals surface area contributed by atoms with Crippen LogP contribution in [-0.4, -0.2) is 41.3 Å². The Morgan fingerprint density at radius 1 is 1.04 bits per heavy atom. The van der Waals surface area contributed by atoms with Gasteiger partial charge >= 0.3 is 0 Å². The first-order valence-corrected chi connectivity index (χ1v) is 10.6. The van der Waals surface area contributed by atoms with Crippen molar-refractivity contribution in [2.75, 3.05) is 27.0 Å². The maximum Gasteiger partial charge on any atom is 0.191 e. The molecule has 0 unspecified atom stereocenters. The molecule has 0 saturated carbocycles. The highest BCUT2D eigenvalue weighted by atomic mass is 127. The van der Waals surface area contributed by atoms with Gasteiger partial charge < -0.3 is 15.4 Å². The molecule has 0 aliphatic heterocycles. The van der Waals surface area contributed by atoms with Gasteiger partial charge in [0.05, 0.1) is 11.5 Å². The standard InChI is InChI=1S/C20H27N3O3S.HI/c1-21-20(23-14-17-6-4-5-7-18(17)15-26-2)22-13-12-16-8-10-19(11-9-16)27(3,24)25;/h4-11H,12-15H2,1-3H3,(H2,21,22,23);1H. The minimum absolute atomic E-state index is 0. The summed E-state index contributed by atoms with van der Waals surface area (Å²) in [6.45, 7) is 1.92. The van der Waals surface area contributed by atoms with Crippen molar-refractivity contribution in [3.63, 3.8) is 0 Å². The molecule has 8 heteroatoms. The zero-order chi connectivity index (χ0) is 19.7. The molecule has 2 rings (SSSR count). The molecule has 2 aromatic rings. The minimum Gasteiger partial charge on any atom is -0.380 e. The lowest BCUT2D eigenvalue weighted by Crippen LogP contribution is -2.38. The highest BCUT2D eigenvalue weighted by Crippen LogP contribution is 2.11. The molecule has 0 fully saturated rings. The summed E-state index contributed by atoms with van der Waals surface area (Å²) < 4.78 is 28.2. The van der Waals surface area contributed by atoms with Crippen molar-refractivity contribution in [3.8, 4) is 0 Å². The average Bonchev–Trinajstić information content (AvgIpc) is 2.65. The van der Waals surface area contributed by atoms with Crippen LogP contribution < -0.4 is 10.6 Å². The lowest BCUT2D eigenvalue weighted by molar-refractivity contribution is 0.184. The van der Waals surface area contributed by atoms with Crippen LogP contribution in [0.4, 0.5) is 0 Å². The van der Waals surface area contributed by atoms with E-state index in [0.29, 0.717) is 24.6 Å². The summed E-state index contributed by atoms with van der Waals surface area (Å²) in [5, 5.41) is 6.58. The van der Waals surface area contributed by atoms with Crippen molar-refractivity contribution in [1.82, 2.24) is 10.6 Å². The smallest absolute Gasteiger partial charge is 0.191 e. The number of benzene rings is 2. The lowest BCUT2D eigenvalue weighted by atomic mass is 10.1. The van der Waals surface area contributed by atoms with E-state index in [-0.39, 0.29) is 24.0 Å². The Morgan fingerprint density at radius 2 is 1.68 bits per heavy atom. The molecule has 0 aliphatic rings. The molecular weight excluding hydrogens is 489 g/mol. The van der Waals surface area contributed by atoms with Crippen LogP contribution in [0, 0.1) is 0 Å². The van der Waals surface area contributed by atoms with E-state index in [0.717, 1.165) is 23.5 Å². The molecule has 2 aromatic carbocycles. The van der Waals surface area contributed by atoms with Crippen molar-refractivity contribution >= 4 is 39.8 Å². The third-order valence-electron chi connectivity index (χ3n) is 4.15. The quantitative estimate of drug-likeness (QED) is 0.320. The van der Waals surface area contributed by atoms with Crippen LogP contribution in [-0.2, 0) is 34.1 Å². The number of hydrogen-bond donors (Lipinski definition) is 2. The van der Waals surface area contributed by atoms with E-state index < -0.39 is 9.84 Å². The predicted molar refractivity (Wildman–Crippen MR) is 124 cm³/mol. The van der Waals surface area contributed by atoms with Crippen LogP contribution in [0.1, 0.15) is 16.7 Å². The Balaban J connectivity index is 0.00000392. The van der Waals surface area contributed by atoms with E-state index in [1.54, 1.807) is 26.3 Å². The Labute approximate surface area is 184 Å². The molecule has 0 radical (unpaired) electrons. The molecule has 0 saturated heterocycles. The van der Waals surface area contributed by atoms with Crippen LogP contribution in [0.15, 0.2) is 58.4 Å². The molecule has 28 heavy (non-hydrogen) atoms. The molecule has 0 aliphatic carbocycles. The number of nitrogens with zero attached hydrogens (tertiary/aromatic N) is 1. The summed E-state index contributed by atoms with van der Waals surface area (Å²) in [6, 6.07) is 15.1. The number of nitrogens with one attached hydrogen (secondary N) is 2. The maximum absolute atomic E-state index is 11.5. The second-order valence-corrected chi connectivity index (χ2v) is 8.24. The number of rotatable bonds is 8. The first-order valence-electron chi connectivity index (χ1n) is 8.73. The second kappa shape index (κ2) is 12.0. The normalized spacial score (nSPS) is 11.6. The van der Waals surface area contributed by atoms with Crippen molar-refractivity contribution in [3.05, 3.63) is 65.2 Å². The van der Waals surface area contributed by atoms with Crippen molar-refractivity contribution in [2.24, 2.45) is 4.99 Å². The van der Waals surface area contributed by atoms with Crippen molar-refractivity contribution < 1.29 is 13.2 Å². The number of methoxy groups -OCH3 is 1. The van der Waals surface area contributed by atoms with Gasteiger partial charge in [0.1, 0.15) is 0 Å². The molecular formula is C20H28IN3O3S. The van der Waals surface area contributed by atoms with Crippen LogP contribution >= 0.6 is 24.0 Å². The first-order chi connectivity index (χ1) is 12.9. The van der Waals surface area contributed by atoms with Gasteiger partial charge in [0.15, 0.2) is 15.8 Å². The van der Waals surface area contributed by atoms with E-state index in [2.05, 4.69) is 27.8 Å². The highest BCUT2D eigenvalue weighted by Gasteiger charge is 2.06. The van der Waals surface area contributed by atoms with Gasteiger partial charge in [-0.1, -0.05) is 36.4 Å². The van der Waals surface area contributed by atoms with E-state index >= 15 is 0 Å². The van der Waals surface area contributed by atoms with E-state index in [1.807, 2.05) is 24.3 Å². The summed E-state index contributed by atoms with van der Waals surface area (Å²) in [4.78, 5) is 4.58. The third kappa shape index (κ3) is 7.76. The Bertz CT molecular complexity index is 869. The fourth-order valence-corrected chi connectivity index (χ4v) is 3.28. The largest absolute Gasteiger partial charge is 0.380 e. The van der Waals surface area contributed by atoms with Gasteiger partial charge in [-0.3, -0.25) is 4.99 Å². The highest BCUT2D eigenvalue weighted by molar-refractivity contribution is 14.0. The van der Waals surface area contributed by atoms with Crippen LogP contribution in [0.5, 0.6) is 0 Å². The van der Waals surface area contributed by atoms with Gasteiger partial charge in [-0.25, -0.2) is 8.42 Å². The average molecular weight is 517 g/mol. The summed E-state index contributed by atoms with van der Waals surface area (Å²) in [5.74, 6) is 0.718. The van der Waals surface area contributed by atoms with Gasteiger partial charge in [-0.2, -0.15) is 0 Å². The minimum atomic E-state index is -3.15. The van der Waals surface area contributed by atoms with Gasteiger partial charge in [0.2, 0.25) is 0 Å². The van der Waals surface area contributed by atoms with Crippen molar-refractivity contribution in [1.29, 1.82) is 0 Å². The SMILES string of the molecule is CN=C(NCCc1ccc(S(C)(=O)=O)cc1)NCc1ccccc1COC.I. The fraction of sp³-hybridized carbons (Fsp3) is 0.350. The predicted octanol–water partition coefficient (Wildman–Crippen LogP) is 2.76. The van der Waals surface area contributed by atoms with Gasteiger partial charge in [-0.05, 0) is 35.2 Å². The van der Waals surface area contributed by atoms with E-state index in [4.69, 9.17) is 4.74 Å². The van der Waals surface area contributed by atoms with Crippen LogP contribution in [0.25, 0.3) is 0 Å². The number of ether oxygens (including phenoxy) is 1. The van der Waals surface area contributed by atoms with Crippen molar-refractivity contribution in [2.45, 2.75) is 24.5 Å². The lowest BCUT2D eigenvalue weighted by Gasteiger charge is -2.14. The Morgan fingerprint density at radius 3 is 2.25 bits per heavy atom. The summed E-state index contributed by atoms with van der Waals surface area (Å²) in [5.41, 5.74) is 3.38. The molecule has 2 N–H and O–H groups in total. The van der Waals surface area contributed by atoms with Gasteiger partial charge in [0, 0.05) is 33.5 Å². The molecule has 0 atom stereocenters. The molecule has 0 bridgehead atoms. The number of aliphatic imine (C=N–C) groups is 1.